The van der Waals surface area contributed by atoms with Crippen LogP contribution in [0.5, 0.6) is 0 Å². The fourth-order valence-electron chi connectivity index (χ4n) is 2.61. The molecule has 1 aliphatic rings. The molecule has 1 fully saturated rings. The lowest BCUT2D eigenvalue weighted by molar-refractivity contribution is -0.143. The molecule has 2 N–H and O–H groups in total. The highest BCUT2D eigenvalue weighted by atomic mass is 32.2. The molecule has 104 valence electrons. The van der Waals surface area contributed by atoms with Crippen LogP contribution in [0, 0.1) is 5.92 Å². The highest BCUT2D eigenvalue weighted by Gasteiger charge is 2.26. The maximum atomic E-state index is 11.0. The van der Waals surface area contributed by atoms with Gasteiger partial charge in [0.05, 0.1) is 5.92 Å². The Morgan fingerprint density at radius 1 is 1.37 bits per heavy atom. The summed E-state index contributed by atoms with van der Waals surface area (Å²) in [5, 5.41) is 12.6. The van der Waals surface area contributed by atoms with Crippen LogP contribution in [0.1, 0.15) is 31.2 Å². The number of benzene rings is 1. The average Bonchev–Trinajstić information content (AvgIpc) is 2.46. The number of thioether (sulfide) groups is 1. The van der Waals surface area contributed by atoms with E-state index in [1.807, 2.05) is 0 Å². The van der Waals surface area contributed by atoms with E-state index in [2.05, 4.69) is 35.8 Å². The second-order valence-corrected chi connectivity index (χ2v) is 6.01. The van der Waals surface area contributed by atoms with Crippen molar-refractivity contribution in [3.8, 4) is 0 Å². The largest absolute Gasteiger partial charge is 0.481 e. The van der Waals surface area contributed by atoms with Gasteiger partial charge in [-0.15, -0.1) is 11.8 Å². The zero-order valence-corrected chi connectivity index (χ0v) is 12.1. The number of aliphatic carboxylic acids is 1. The Kier molecular flexibility index (Phi) is 5.28. The van der Waals surface area contributed by atoms with Gasteiger partial charge in [0.1, 0.15) is 0 Å². The summed E-state index contributed by atoms with van der Waals surface area (Å²) in [5.41, 5.74) is 1.26. The minimum Gasteiger partial charge on any atom is -0.481 e. The number of rotatable bonds is 5. The second kappa shape index (κ2) is 6.96. The van der Waals surface area contributed by atoms with Crippen LogP contribution in [-0.4, -0.2) is 23.4 Å². The minimum atomic E-state index is -0.643. The first kappa shape index (κ1) is 14.4. The van der Waals surface area contributed by atoms with Crippen molar-refractivity contribution in [1.29, 1.82) is 0 Å². The Hall–Kier alpha value is -1.00. The number of carbonyl (C=O) groups is 1. The molecular weight excluding hydrogens is 258 g/mol. The van der Waals surface area contributed by atoms with Crippen molar-refractivity contribution in [2.45, 2.75) is 43.2 Å². The number of hydrogen-bond acceptors (Lipinski definition) is 3. The van der Waals surface area contributed by atoms with Crippen LogP contribution < -0.4 is 5.32 Å². The zero-order valence-electron chi connectivity index (χ0n) is 11.3. The molecule has 2 unspecified atom stereocenters. The molecule has 0 spiro atoms. The molecule has 4 heteroatoms. The predicted molar refractivity (Wildman–Crippen MR) is 78.4 cm³/mol. The Morgan fingerprint density at radius 3 is 2.74 bits per heavy atom. The first-order chi connectivity index (χ1) is 9.19. The van der Waals surface area contributed by atoms with Crippen LogP contribution in [0.2, 0.25) is 0 Å². The van der Waals surface area contributed by atoms with E-state index in [4.69, 9.17) is 5.11 Å². The van der Waals surface area contributed by atoms with Crippen LogP contribution in [0.4, 0.5) is 0 Å². The fraction of sp³-hybridized carbons (Fsp3) is 0.533. The normalized spacial score (nSPS) is 23.2. The minimum absolute atomic E-state index is 0.162. The number of nitrogens with one attached hydrogen (secondary N) is 1. The first-order valence-electron chi connectivity index (χ1n) is 6.78. The molecule has 3 nitrogen and oxygen atoms in total. The SMILES string of the molecule is CSc1ccc(CNC2CCCC(C(=O)O)C2)cc1. The van der Waals surface area contributed by atoms with Crippen molar-refractivity contribution in [2.75, 3.05) is 6.26 Å². The van der Waals surface area contributed by atoms with Gasteiger partial charge in [-0.3, -0.25) is 4.79 Å². The van der Waals surface area contributed by atoms with E-state index in [0.717, 1.165) is 32.2 Å². The average molecular weight is 279 g/mol. The van der Waals surface area contributed by atoms with Gasteiger partial charge in [-0.25, -0.2) is 0 Å². The van der Waals surface area contributed by atoms with E-state index in [9.17, 15) is 4.79 Å². The van der Waals surface area contributed by atoms with Gasteiger partial charge in [0.25, 0.3) is 0 Å². The summed E-state index contributed by atoms with van der Waals surface area (Å²) in [6.07, 6.45) is 5.77. The van der Waals surface area contributed by atoms with Gasteiger partial charge in [0.2, 0.25) is 0 Å². The number of carboxylic acid groups (broad SMARTS) is 1. The summed E-state index contributed by atoms with van der Waals surface area (Å²) in [6, 6.07) is 8.87. The molecule has 1 saturated carbocycles. The van der Waals surface area contributed by atoms with Gasteiger partial charge < -0.3 is 10.4 Å². The molecule has 0 radical (unpaired) electrons. The van der Waals surface area contributed by atoms with Gasteiger partial charge >= 0.3 is 5.97 Å². The molecule has 1 aromatic carbocycles. The van der Waals surface area contributed by atoms with E-state index in [0.29, 0.717) is 6.04 Å². The molecule has 0 aromatic heterocycles. The highest BCUT2D eigenvalue weighted by Crippen LogP contribution is 2.24. The van der Waals surface area contributed by atoms with Crippen LogP contribution >= 0.6 is 11.8 Å². The molecule has 1 aliphatic carbocycles. The molecule has 19 heavy (non-hydrogen) atoms. The van der Waals surface area contributed by atoms with Crippen molar-refractivity contribution < 1.29 is 9.90 Å². The van der Waals surface area contributed by atoms with Gasteiger partial charge in [0.15, 0.2) is 0 Å². The topological polar surface area (TPSA) is 49.3 Å². The van der Waals surface area contributed by atoms with Crippen LogP contribution in [-0.2, 0) is 11.3 Å². The molecule has 0 heterocycles. The molecule has 0 amide bonds. The standard InChI is InChI=1S/C15H21NO2S/c1-19-14-7-5-11(6-8-14)10-16-13-4-2-3-12(9-13)15(17)18/h5-8,12-13,16H,2-4,9-10H2,1H3,(H,17,18). The summed E-state index contributed by atoms with van der Waals surface area (Å²) >= 11 is 1.74. The Morgan fingerprint density at radius 2 is 2.11 bits per heavy atom. The van der Waals surface area contributed by atoms with Crippen molar-refractivity contribution in [2.24, 2.45) is 5.92 Å². The second-order valence-electron chi connectivity index (χ2n) is 5.13. The molecule has 1 aromatic rings. The quantitative estimate of drug-likeness (QED) is 0.813. The third kappa shape index (κ3) is 4.25. The van der Waals surface area contributed by atoms with Crippen molar-refractivity contribution in [3.63, 3.8) is 0 Å². The van der Waals surface area contributed by atoms with Gasteiger partial charge in [0, 0.05) is 17.5 Å². The lowest BCUT2D eigenvalue weighted by atomic mass is 9.86. The van der Waals surface area contributed by atoms with E-state index in [1.165, 1.54) is 10.5 Å². The Labute approximate surface area is 118 Å². The van der Waals surface area contributed by atoms with Gasteiger partial charge in [-0.2, -0.15) is 0 Å². The summed E-state index contributed by atoms with van der Waals surface area (Å²) in [4.78, 5) is 12.3. The zero-order chi connectivity index (χ0) is 13.7. The van der Waals surface area contributed by atoms with Crippen LogP contribution in [0.3, 0.4) is 0 Å². The molecule has 0 bridgehead atoms. The maximum absolute atomic E-state index is 11.0. The summed E-state index contributed by atoms with van der Waals surface area (Å²) < 4.78 is 0. The summed E-state index contributed by atoms with van der Waals surface area (Å²) in [5.74, 6) is -0.805. The first-order valence-corrected chi connectivity index (χ1v) is 8.00. The molecular formula is C15H21NO2S. The predicted octanol–water partition coefficient (Wildman–Crippen LogP) is 3.14. The smallest absolute Gasteiger partial charge is 0.306 e. The lowest BCUT2D eigenvalue weighted by Gasteiger charge is -2.27. The number of carboxylic acids is 1. The van der Waals surface area contributed by atoms with E-state index >= 15 is 0 Å². The lowest BCUT2D eigenvalue weighted by Crippen LogP contribution is -2.36. The summed E-state index contributed by atoms with van der Waals surface area (Å²) in [7, 11) is 0. The molecule has 0 aliphatic heterocycles. The van der Waals surface area contributed by atoms with Crippen LogP contribution in [0.25, 0.3) is 0 Å². The van der Waals surface area contributed by atoms with Crippen LogP contribution in [0.15, 0.2) is 29.2 Å². The third-order valence-corrected chi connectivity index (χ3v) is 4.52. The Bertz CT molecular complexity index is 419. The van der Waals surface area contributed by atoms with E-state index in [-0.39, 0.29) is 5.92 Å². The monoisotopic (exact) mass is 279 g/mol. The molecule has 2 atom stereocenters. The van der Waals surface area contributed by atoms with Gasteiger partial charge in [-0.1, -0.05) is 18.6 Å². The Balaban J connectivity index is 1.82. The molecule has 0 saturated heterocycles. The fourth-order valence-corrected chi connectivity index (χ4v) is 3.01. The van der Waals surface area contributed by atoms with E-state index in [1.54, 1.807) is 11.8 Å². The molecule has 2 rings (SSSR count). The third-order valence-electron chi connectivity index (χ3n) is 3.78. The van der Waals surface area contributed by atoms with Crippen molar-refractivity contribution >= 4 is 17.7 Å². The van der Waals surface area contributed by atoms with Crippen molar-refractivity contribution in [1.82, 2.24) is 5.32 Å². The summed E-state index contributed by atoms with van der Waals surface area (Å²) in [6.45, 7) is 0.825. The maximum Gasteiger partial charge on any atom is 0.306 e. The number of hydrogen-bond donors (Lipinski definition) is 2. The van der Waals surface area contributed by atoms with Gasteiger partial charge in [-0.05, 0) is 43.2 Å². The highest BCUT2D eigenvalue weighted by molar-refractivity contribution is 7.98. The van der Waals surface area contributed by atoms with Crippen molar-refractivity contribution in [3.05, 3.63) is 29.8 Å². The van der Waals surface area contributed by atoms with E-state index < -0.39 is 5.97 Å².